The van der Waals surface area contributed by atoms with Crippen LogP contribution in [0, 0.1) is 0 Å². The van der Waals surface area contributed by atoms with Crippen LogP contribution in [0.1, 0.15) is 26.2 Å². The lowest BCUT2D eigenvalue weighted by Crippen LogP contribution is -2.55. The van der Waals surface area contributed by atoms with Gasteiger partial charge in [-0.15, -0.1) is 0 Å². The van der Waals surface area contributed by atoms with E-state index in [4.69, 9.17) is 10.5 Å². The van der Waals surface area contributed by atoms with Crippen LogP contribution >= 0.6 is 0 Å². The Balaban J connectivity index is 1.55. The summed E-state index contributed by atoms with van der Waals surface area (Å²) in [4.78, 5) is 30.5. The van der Waals surface area contributed by atoms with Crippen molar-refractivity contribution < 1.29 is 14.3 Å². The molecule has 0 unspecified atom stereocenters. The fourth-order valence-electron chi connectivity index (χ4n) is 3.95. The third-order valence-corrected chi connectivity index (χ3v) is 5.39. The molecule has 2 heterocycles. The second-order valence-electron chi connectivity index (χ2n) is 7.17. The highest BCUT2D eigenvalue weighted by atomic mass is 16.5. The van der Waals surface area contributed by atoms with Crippen LogP contribution in [0.3, 0.4) is 0 Å². The summed E-state index contributed by atoms with van der Waals surface area (Å²) in [7, 11) is 0. The molecule has 0 aliphatic carbocycles. The van der Waals surface area contributed by atoms with E-state index >= 15 is 0 Å². The molecule has 7 heteroatoms. The Kier molecular flexibility index (Phi) is 6.55. The number of benzene rings is 1. The minimum absolute atomic E-state index is 0.0154. The number of piperidine rings is 1. The summed E-state index contributed by atoms with van der Waals surface area (Å²) in [6.07, 6.45) is 2.58. The molecule has 0 radical (unpaired) electrons. The predicted molar refractivity (Wildman–Crippen MR) is 105 cm³/mol. The number of hydrogen-bond donors (Lipinski definition) is 1. The van der Waals surface area contributed by atoms with E-state index in [0.29, 0.717) is 26.1 Å². The molecule has 2 amide bonds. The molecule has 0 bridgehead atoms. The zero-order valence-electron chi connectivity index (χ0n) is 16.1. The van der Waals surface area contributed by atoms with Crippen LogP contribution in [0.4, 0.5) is 5.69 Å². The normalized spacial score (nSPS) is 21.1. The number of rotatable bonds is 6. The Morgan fingerprint density at radius 3 is 2.56 bits per heavy atom. The third kappa shape index (κ3) is 4.71. The maximum absolute atomic E-state index is 12.7. The van der Waals surface area contributed by atoms with Crippen molar-refractivity contribution in [1.29, 1.82) is 0 Å². The first-order valence-corrected chi connectivity index (χ1v) is 9.88. The molecule has 7 nitrogen and oxygen atoms in total. The monoisotopic (exact) mass is 374 g/mol. The first-order chi connectivity index (χ1) is 13.1. The predicted octanol–water partition coefficient (Wildman–Crippen LogP) is 1.07. The van der Waals surface area contributed by atoms with Gasteiger partial charge in [-0.3, -0.25) is 14.5 Å². The number of para-hydroxylation sites is 2. The van der Waals surface area contributed by atoms with Crippen LogP contribution < -0.4 is 15.4 Å². The quantitative estimate of drug-likeness (QED) is 0.806. The average molecular weight is 374 g/mol. The van der Waals surface area contributed by atoms with Crippen molar-refractivity contribution in [3.63, 3.8) is 0 Å². The SMILES string of the molecule is CCOc1ccccc1N1CCN(CC(=O)N2CCCC[C@H]2C(N)=O)CC1. The number of amides is 2. The summed E-state index contributed by atoms with van der Waals surface area (Å²) >= 11 is 0. The van der Waals surface area contributed by atoms with E-state index in [1.807, 2.05) is 25.1 Å². The van der Waals surface area contributed by atoms with Gasteiger partial charge in [0.25, 0.3) is 0 Å². The van der Waals surface area contributed by atoms with Gasteiger partial charge >= 0.3 is 0 Å². The lowest BCUT2D eigenvalue weighted by Gasteiger charge is -2.39. The van der Waals surface area contributed by atoms with Gasteiger partial charge in [0.15, 0.2) is 0 Å². The molecule has 2 saturated heterocycles. The van der Waals surface area contributed by atoms with Crippen LogP contribution in [-0.2, 0) is 9.59 Å². The number of likely N-dealkylation sites (tertiary alicyclic amines) is 1. The first kappa shape index (κ1) is 19.5. The number of carbonyl (C=O) groups is 2. The summed E-state index contributed by atoms with van der Waals surface area (Å²) in [5.41, 5.74) is 6.59. The van der Waals surface area contributed by atoms with Crippen molar-refractivity contribution in [1.82, 2.24) is 9.80 Å². The van der Waals surface area contributed by atoms with E-state index in [1.54, 1.807) is 4.90 Å². The molecule has 1 aromatic carbocycles. The van der Waals surface area contributed by atoms with Crippen LogP contribution in [0.15, 0.2) is 24.3 Å². The summed E-state index contributed by atoms with van der Waals surface area (Å²) in [5.74, 6) is 0.532. The second-order valence-corrected chi connectivity index (χ2v) is 7.17. The van der Waals surface area contributed by atoms with E-state index in [1.165, 1.54) is 0 Å². The van der Waals surface area contributed by atoms with Gasteiger partial charge in [-0.25, -0.2) is 0 Å². The zero-order valence-corrected chi connectivity index (χ0v) is 16.1. The van der Waals surface area contributed by atoms with Crippen molar-refractivity contribution >= 4 is 17.5 Å². The van der Waals surface area contributed by atoms with Crippen molar-refractivity contribution in [3.05, 3.63) is 24.3 Å². The molecule has 0 saturated carbocycles. The highest BCUT2D eigenvalue weighted by Crippen LogP contribution is 2.28. The number of ether oxygens (including phenoxy) is 1. The number of hydrogen-bond acceptors (Lipinski definition) is 5. The molecular formula is C20H30N4O3. The summed E-state index contributed by atoms with van der Waals surface area (Å²) in [6, 6.07) is 7.64. The molecule has 2 fully saturated rings. The van der Waals surface area contributed by atoms with Gasteiger partial charge < -0.3 is 20.3 Å². The zero-order chi connectivity index (χ0) is 19.2. The molecule has 1 atom stereocenters. The van der Waals surface area contributed by atoms with E-state index in [9.17, 15) is 9.59 Å². The van der Waals surface area contributed by atoms with Gasteiger partial charge in [0, 0.05) is 32.7 Å². The molecule has 0 aromatic heterocycles. The highest BCUT2D eigenvalue weighted by molar-refractivity contribution is 5.87. The maximum atomic E-state index is 12.7. The van der Waals surface area contributed by atoms with Crippen LogP contribution in [0.5, 0.6) is 5.75 Å². The van der Waals surface area contributed by atoms with E-state index in [-0.39, 0.29) is 11.8 Å². The average Bonchev–Trinajstić information content (AvgIpc) is 2.69. The van der Waals surface area contributed by atoms with Crippen molar-refractivity contribution in [2.75, 3.05) is 50.8 Å². The number of primary amides is 1. The maximum Gasteiger partial charge on any atom is 0.240 e. The Hall–Kier alpha value is -2.28. The van der Waals surface area contributed by atoms with Crippen molar-refractivity contribution in [2.45, 2.75) is 32.2 Å². The molecule has 1 aromatic rings. The Morgan fingerprint density at radius 2 is 1.85 bits per heavy atom. The van der Waals surface area contributed by atoms with Gasteiger partial charge in [0.2, 0.25) is 11.8 Å². The van der Waals surface area contributed by atoms with E-state index in [2.05, 4.69) is 15.9 Å². The molecule has 148 valence electrons. The number of nitrogens with zero attached hydrogens (tertiary/aromatic N) is 3. The lowest BCUT2D eigenvalue weighted by atomic mass is 10.0. The lowest BCUT2D eigenvalue weighted by molar-refractivity contribution is -0.142. The van der Waals surface area contributed by atoms with E-state index in [0.717, 1.165) is 50.5 Å². The molecular weight excluding hydrogens is 344 g/mol. The topological polar surface area (TPSA) is 79.1 Å². The Labute approximate surface area is 161 Å². The standard InChI is InChI=1S/C20H30N4O3/c1-2-27-18-9-4-3-7-16(18)23-13-11-22(12-14-23)15-19(25)24-10-6-5-8-17(24)20(21)26/h3-4,7,9,17H,2,5-6,8,10-15H2,1H3,(H2,21,26)/t17-/m0/s1. The fourth-order valence-corrected chi connectivity index (χ4v) is 3.95. The molecule has 2 aliphatic heterocycles. The largest absolute Gasteiger partial charge is 0.492 e. The first-order valence-electron chi connectivity index (χ1n) is 9.88. The van der Waals surface area contributed by atoms with Crippen LogP contribution in [0.2, 0.25) is 0 Å². The minimum atomic E-state index is -0.439. The molecule has 2 aliphatic rings. The van der Waals surface area contributed by atoms with Gasteiger partial charge in [-0.2, -0.15) is 0 Å². The Morgan fingerprint density at radius 1 is 1.11 bits per heavy atom. The smallest absolute Gasteiger partial charge is 0.240 e. The number of nitrogens with two attached hydrogens (primary N) is 1. The van der Waals surface area contributed by atoms with Crippen LogP contribution in [0.25, 0.3) is 0 Å². The van der Waals surface area contributed by atoms with Gasteiger partial charge in [-0.05, 0) is 38.3 Å². The molecule has 3 rings (SSSR count). The summed E-state index contributed by atoms with van der Waals surface area (Å²) in [6.45, 7) is 6.91. The van der Waals surface area contributed by atoms with Gasteiger partial charge in [0.05, 0.1) is 18.8 Å². The van der Waals surface area contributed by atoms with Crippen molar-refractivity contribution in [2.24, 2.45) is 5.73 Å². The Bertz CT molecular complexity index is 658. The molecule has 2 N–H and O–H groups in total. The molecule has 0 spiro atoms. The molecule has 27 heavy (non-hydrogen) atoms. The fraction of sp³-hybridized carbons (Fsp3) is 0.600. The number of piperazine rings is 1. The van der Waals surface area contributed by atoms with Crippen LogP contribution in [-0.4, -0.2) is 73.5 Å². The van der Waals surface area contributed by atoms with Gasteiger partial charge in [-0.1, -0.05) is 12.1 Å². The van der Waals surface area contributed by atoms with Crippen molar-refractivity contribution in [3.8, 4) is 5.75 Å². The second kappa shape index (κ2) is 9.08. The third-order valence-electron chi connectivity index (χ3n) is 5.39. The highest BCUT2D eigenvalue weighted by Gasteiger charge is 2.32. The minimum Gasteiger partial charge on any atom is -0.492 e. The summed E-state index contributed by atoms with van der Waals surface area (Å²) in [5, 5.41) is 0. The van der Waals surface area contributed by atoms with E-state index < -0.39 is 6.04 Å². The summed E-state index contributed by atoms with van der Waals surface area (Å²) < 4.78 is 5.74. The number of carbonyl (C=O) groups excluding carboxylic acids is 2. The number of anilines is 1. The van der Waals surface area contributed by atoms with Gasteiger partial charge in [0.1, 0.15) is 11.8 Å².